The molecule has 4 rings (SSSR count). The first-order valence-corrected chi connectivity index (χ1v) is 12.8. The van der Waals surface area contributed by atoms with Gasteiger partial charge in [-0.25, -0.2) is 13.4 Å². The van der Waals surface area contributed by atoms with Crippen LogP contribution in [0, 0.1) is 0 Å². The summed E-state index contributed by atoms with van der Waals surface area (Å²) in [6, 6.07) is 10.9. The van der Waals surface area contributed by atoms with E-state index in [-0.39, 0.29) is 4.90 Å². The lowest BCUT2D eigenvalue weighted by atomic mass is 10.2. The molecule has 0 amide bonds. The molecule has 10 heteroatoms. The number of benzene rings is 2. The zero-order valence-corrected chi connectivity index (χ0v) is 20.0. The topological polar surface area (TPSA) is 82.9 Å². The zero-order chi connectivity index (χ0) is 22.7. The van der Waals surface area contributed by atoms with E-state index in [1.165, 1.54) is 4.31 Å². The van der Waals surface area contributed by atoms with E-state index in [0.29, 0.717) is 37.6 Å². The number of nitrogens with zero attached hydrogens (tertiary/aromatic N) is 3. The van der Waals surface area contributed by atoms with Crippen LogP contribution in [0.3, 0.4) is 0 Å². The Morgan fingerprint density at radius 2 is 1.88 bits per heavy atom. The van der Waals surface area contributed by atoms with Gasteiger partial charge in [-0.15, -0.1) is 0 Å². The number of hydrogen-bond acceptors (Lipinski definition) is 7. The van der Waals surface area contributed by atoms with E-state index < -0.39 is 10.0 Å². The minimum Gasteiger partial charge on any atom is -0.497 e. The maximum atomic E-state index is 13.0. The minimum absolute atomic E-state index is 0.263. The Morgan fingerprint density at radius 1 is 1.09 bits per heavy atom. The van der Waals surface area contributed by atoms with E-state index in [2.05, 4.69) is 11.5 Å². The van der Waals surface area contributed by atoms with Crippen molar-refractivity contribution in [2.45, 2.75) is 29.3 Å². The Balaban J connectivity index is 1.63. The number of sulfonamides is 1. The largest absolute Gasteiger partial charge is 0.497 e. The summed E-state index contributed by atoms with van der Waals surface area (Å²) in [7, 11) is -0.286. The molecule has 0 unspecified atom stereocenters. The van der Waals surface area contributed by atoms with E-state index in [9.17, 15) is 8.42 Å². The van der Waals surface area contributed by atoms with Gasteiger partial charge >= 0.3 is 0 Å². The molecule has 0 saturated carbocycles. The van der Waals surface area contributed by atoms with Crippen LogP contribution in [0.4, 0.5) is 0 Å². The van der Waals surface area contributed by atoms with Crippen LogP contribution in [-0.2, 0) is 27.1 Å². The fraction of sp³-hybridized carbons (Fsp3) is 0.409. The van der Waals surface area contributed by atoms with Gasteiger partial charge in [0.05, 0.1) is 43.4 Å². The lowest BCUT2D eigenvalue weighted by Gasteiger charge is -2.26. The molecule has 0 bridgehead atoms. The number of hydrogen-bond donors (Lipinski definition) is 0. The van der Waals surface area contributed by atoms with Crippen molar-refractivity contribution >= 4 is 32.8 Å². The van der Waals surface area contributed by atoms with Crippen LogP contribution in [0.2, 0.25) is 0 Å². The van der Waals surface area contributed by atoms with Gasteiger partial charge in [0.15, 0.2) is 5.16 Å². The van der Waals surface area contributed by atoms with Crippen LogP contribution in [0.15, 0.2) is 46.5 Å². The van der Waals surface area contributed by atoms with Gasteiger partial charge in [0.1, 0.15) is 11.5 Å². The summed E-state index contributed by atoms with van der Waals surface area (Å²) < 4.78 is 45.8. The summed E-state index contributed by atoms with van der Waals surface area (Å²) in [6.45, 7) is 4.35. The number of thioether (sulfide) groups is 1. The molecule has 1 aliphatic heterocycles. The molecule has 0 atom stereocenters. The molecule has 1 saturated heterocycles. The average Bonchev–Trinajstić information content (AvgIpc) is 3.19. The number of fused-ring (bicyclic) bond motifs is 1. The molecule has 1 aliphatic rings. The third kappa shape index (κ3) is 4.45. The highest BCUT2D eigenvalue weighted by atomic mass is 32.2. The quantitative estimate of drug-likeness (QED) is 0.460. The SMILES string of the molecule is CCn1c(SCc2cc(OC)ccc2OC)nc2cc(S(=O)(=O)N3CCOCC3)ccc21. The van der Waals surface area contributed by atoms with Crippen molar-refractivity contribution in [3.8, 4) is 11.5 Å². The van der Waals surface area contributed by atoms with E-state index in [0.717, 1.165) is 34.3 Å². The molecule has 172 valence electrons. The summed E-state index contributed by atoms with van der Waals surface area (Å²) in [5.41, 5.74) is 2.58. The van der Waals surface area contributed by atoms with Crippen LogP contribution in [0.25, 0.3) is 11.0 Å². The molecule has 3 aromatic rings. The number of rotatable bonds is 8. The normalized spacial score (nSPS) is 15.2. The van der Waals surface area contributed by atoms with Crippen molar-refractivity contribution in [1.29, 1.82) is 0 Å². The highest BCUT2D eigenvalue weighted by Crippen LogP contribution is 2.33. The number of morpholine rings is 1. The predicted octanol–water partition coefficient (Wildman–Crippen LogP) is 3.39. The maximum Gasteiger partial charge on any atom is 0.243 e. The Kier molecular flexibility index (Phi) is 6.94. The second kappa shape index (κ2) is 9.70. The van der Waals surface area contributed by atoms with Gasteiger partial charge in [0, 0.05) is 31.0 Å². The van der Waals surface area contributed by atoms with Gasteiger partial charge in [0.2, 0.25) is 10.0 Å². The minimum atomic E-state index is -3.57. The molecular weight excluding hydrogens is 450 g/mol. The second-order valence-corrected chi connectivity index (χ2v) is 10.2. The maximum absolute atomic E-state index is 13.0. The highest BCUT2D eigenvalue weighted by molar-refractivity contribution is 7.98. The average molecular weight is 478 g/mol. The number of methoxy groups -OCH3 is 2. The first-order chi connectivity index (χ1) is 15.5. The van der Waals surface area contributed by atoms with Crippen molar-refractivity contribution in [3.05, 3.63) is 42.0 Å². The van der Waals surface area contributed by atoms with Crippen molar-refractivity contribution in [3.63, 3.8) is 0 Å². The molecule has 32 heavy (non-hydrogen) atoms. The summed E-state index contributed by atoms with van der Waals surface area (Å²) >= 11 is 1.58. The van der Waals surface area contributed by atoms with Gasteiger partial charge in [-0.3, -0.25) is 0 Å². The highest BCUT2D eigenvalue weighted by Gasteiger charge is 2.27. The molecule has 2 heterocycles. The monoisotopic (exact) mass is 477 g/mol. The fourth-order valence-corrected chi connectivity index (χ4v) is 6.22. The fourth-order valence-electron chi connectivity index (χ4n) is 3.74. The summed E-state index contributed by atoms with van der Waals surface area (Å²) in [4.78, 5) is 5.02. The van der Waals surface area contributed by atoms with E-state index in [1.54, 1.807) is 38.1 Å². The van der Waals surface area contributed by atoms with Crippen LogP contribution >= 0.6 is 11.8 Å². The summed E-state index contributed by atoms with van der Waals surface area (Å²) in [6.07, 6.45) is 0. The Hall–Kier alpha value is -2.27. The molecule has 0 spiro atoms. The molecule has 1 fully saturated rings. The molecule has 1 aromatic heterocycles. The first-order valence-electron chi connectivity index (χ1n) is 10.4. The zero-order valence-electron chi connectivity index (χ0n) is 18.4. The Labute approximate surface area is 192 Å². The molecule has 8 nitrogen and oxygen atoms in total. The third-order valence-electron chi connectivity index (χ3n) is 5.45. The number of aromatic nitrogens is 2. The molecule has 0 aliphatic carbocycles. The number of aryl methyl sites for hydroxylation is 1. The Bertz CT molecular complexity index is 1200. The van der Waals surface area contributed by atoms with Gasteiger partial charge < -0.3 is 18.8 Å². The smallest absolute Gasteiger partial charge is 0.243 e. The predicted molar refractivity (Wildman–Crippen MR) is 124 cm³/mol. The lowest BCUT2D eigenvalue weighted by Crippen LogP contribution is -2.40. The molecular formula is C22H27N3O5S2. The van der Waals surface area contributed by atoms with Crippen LogP contribution in [0.5, 0.6) is 11.5 Å². The number of imidazole rings is 1. The Morgan fingerprint density at radius 3 is 2.56 bits per heavy atom. The van der Waals surface area contributed by atoms with Crippen molar-refractivity contribution in [2.75, 3.05) is 40.5 Å². The van der Waals surface area contributed by atoms with Gasteiger partial charge in [0.25, 0.3) is 0 Å². The lowest BCUT2D eigenvalue weighted by molar-refractivity contribution is 0.0730. The van der Waals surface area contributed by atoms with Crippen molar-refractivity contribution in [2.24, 2.45) is 0 Å². The second-order valence-electron chi connectivity index (χ2n) is 7.27. The van der Waals surface area contributed by atoms with E-state index in [4.69, 9.17) is 19.2 Å². The van der Waals surface area contributed by atoms with Gasteiger partial charge in [-0.05, 0) is 43.3 Å². The molecule has 0 N–H and O–H groups in total. The van der Waals surface area contributed by atoms with Crippen LogP contribution < -0.4 is 9.47 Å². The van der Waals surface area contributed by atoms with Crippen molar-refractivity contribution in [1.82, 2.24) is 13.9 Å². The summed E-state index contributed by atoms with van der Waals surface area (Å²) in [5.74, 6) is 2.20. The number of ether oxygens (including phenoxy) is 3. The van der Waals surface area contributed by atoms with Gasteiger partial charge in [-0.1, -0.05) is 11.8 Å². The standard InChI is InChI=1S/C22H27N3O5S2/c1-4-25-20-7-6-18(32(26,27)24-9-11-30-12-10-24)14-19(20)23-22(25)31-15-16-13-17(28-2)5-8-21(16)29-3/h5-8,13-14H,4,9-12,15H2,1-3H3. The first kappa shape index (κ1) is 22.9. The van der Waals surface area contributed by atoms with Crippen LogP contribution in [0.1, 0.15) is 12.5 Å². The van der Waals surface area contributed by atoms with Gasteiger partial charge in [-0.2, -0.15) is 4.31 Å². The summed E-state index contributed by atoms with van der Waals surface area (Å²) in [5, 5.41) is 0.827. The van der Waals surface area contributed by atoms with Crippen LogP contribution in [-0.4, -0.2) is 62.8 Å². The molecule has 2 aromatic carbocycles. The van der Waals surface area contributed by atoms with E-state index >= 15 is 0 Å². The third-order valence-corrected chi connectivity index (χ3v) is 8.37. The van der Waals surface area contributed by atoms with E-state index in [1.807, 2.05) is 24.3 Å². The van der Waals surface area contributed by atoms with Crippen molar-refractivity contribution < 1.29 is 22.6 Å². The molecule has 0 radical (unpaired) electrons.